The maximum atomic E-state index is 13.3. The lowest BCUT2D eigenvalue weighted by Crippen LogP contribution is -2.66. The highest BCUT2D eigenvalue weighted by molar-refractivity contribution is 5.83. The van der Waals surface area contributed by atoms with Gasteiger partial charge in [-0.05, 0) is 31.2 Å². The van der Waals surface area contributed by atoms with Gasteiger partial charge in [-0.25, -0.2) is 4.79 Å². The maximum absolute atomic E-state index is 13.3. The molecule has 0 unspecified atom stereocenters. The average Bonchev–Trinajstić information content (AvgIpc) is 3.17. The number of hydrogen-bond donors (Lipinski definition) is 3. The predicted octanol–water partition coefficient (Wildman–Crippen LogP) is 6.88. The zero-order chi connectivity index (χ0) is 42.5. The molecule has 1 aromatic rings. The van der Waals surface area contributed by atoms with Crippen molar-refractivity contribution in [3.63, 3.8) is 0 Å². The molecule has 14 heteroatoms. The highest BCUT2D eigenvalue weighted by Crippen LogP contribution is 2.28. The van der Waals surface area contributed by atoms with Crippen molar-refractivity contribution in [3.05, 3.63) is 35.9 Å². The Kier molecular flexibility index (Phi) is 26.0. The second-order valence-electron chi connectivity index (χ2n) is 15.2. The number of aliphatic carboxylic acids is 1. The minimum atomic E-state index is -1.35. The van der Waals surface area contributed by atoms with Gasteiger partial charge in [-0.2, -0.15) is 0 Å². The van der Waals surface area contributed by atoms with E-state index in [2.05, 4.69) is 29.7 Å². The smallest absolute Gasteiger partial charge is 0.326 e. The Morgan fingerprint density at radius 3 is 1.78 bits per heavy atom. The van der Waals surface area contributed by atoms with E-state index in [1.165, 1.54) is 57.4 Å². The van der Waals surface area contributed by atoms with Crippen LogP contribution in [0, 0.1) is 0 Å². The lowest BCUT2D eigenvalue weighted by molar-refractivity contribution is -0.278. The highest BCUT2D eigenvalue weighted by Gasteiger charge is 2.51. The Morgan fingerprint density at radius 2 is 1.22 bits per heavy atom. The summed E-state index contributed by atoms with van der Waals surface area (Å²) in [5.74, 6) is -4.12. The lowest BCUT2D eigenvalue weighted by atomic mass is 9.95. The summed E-state index contributed by atoms with van der Waals surface area (Å²) in [6.07, 6.45) is 12.9. The lowest BCUT2D eigenvalue weighted by Gasteiger charge is -2.45. The van der Waals surface area contributed by atoms with E-state index in [-0.39, 0.29) is 37.7 Å². The molecule has 2 rings (SSSR count). The maximum Gasteiger partial charge on any atom is 0.326 e. The minimum Gasteiger partial charge on any atom is -0.480 e. The molecule has 0 aliphatic carbocycles. The third-order valence-corrected chi connectivity index (χ3v) is 10.1. The molecule has 0 saturated carbocycles. The van der Waals surface area contributed by atoms with Gasteiger partial charge in [0.25, 0.3) is 0 Å². The van der Waals surface area contributed by atoms with E-state index in [4.69, 9.17) is 23.7 Å². The molecule has 1 saturated heterocycles. The number of aryl methyl sites for hydroxylation is 1. The van der Waals surface area contributed by atoms with E-state index in [1.807, 2.05) is 18.2 Å². The number of amides is 2. The summed E-state index contributed by atoms with van der Waals surface area (Å²) >= 11 is 0. The van der Waals surface area contributed by atoms with Crippen molar-refractivity contribution in [2.24, 2.45) is 0 Å². The number of carbonyl (C=O) groups is 6. The summed E-state index contributed by atoms with van der Waals surface area (Å²) in [6.45, 7) is 5.06. The molecule has 1 fully saturated rings. The van der Waals surface area contributed by atoms with Crippen molar-refractivity contribution in [1.82, 2.24) is 10.6 Å². The summed E-state index contributed by atoms with van der Waals surface area (Å²) in [5.41, 5.74) is 1.29. The zero-order valence-electron chi connectivity index (χ0n) is 35.3. The van der Waals surface area contributed by atoms with E-state index in [9.17, 15) is 33.9 Å². The van der Waals surface area contributed by atoms with Crippen molar-refractivity contribution < 1.29 is 57.6 Å². The monoisotopic (exact) mass is 818 g/mol. The number of unbranched alkanes of at least 4 members (excludes halogenated alkanes) is 14. The van der Waals surface area contributed by atoms with Crippen LogP contribution in [0.2, 0.25) is 0 Å². The van der Waals surface area contributed by atoms with Gasteiger partial charge in [0.2, 0.25) is 11.8 Å². The number of esters is 3. The number of ether oxygens (including phenoxy) is 5. The standard InChI is InChI=1S/C44H70N2O12/c1-5-6-7-8-9-10-11-12-13-16-22-27-38(50)45-36(43(52)53)29-30-54-44-40(46-39(51)28-23-17-14-15-19-24-35-25-20-18-21-26-35)42(57-34(4)49)41(56-33(3)48)37(58-44)31-55-32(2)47/h18,20-21,25-26,36-37,40-42,44H,5-17,19,22-24,27-31H2,1-4H3,(H,45,50)(H,46,51)(H,52,53)/t36-,37+,40+,41+,42+,44+/m0/s1. The molecule has 0 spiro atoms. The molecule has 14 nitrogen and oxygen atoms in total. The van der Waals surface area contributed by atoms with Crippen LogP contribution < -0.4 is 10.6 Å². The molecule has 1 heterocycles. The normalized spacial score (nSPS) is 19.4. The number of benzene rings is 1. The summed E-state index contributed by atoms with van der Waals surface area (Å²) in [4.78, 5) is 74.5. The van der Waals surface area contributed by atoms with Gasteiger partial charge in [0.15, 0.2) is 18.5 Å². The molecule has 0 radical (unpaired) electrons. The first-order chi connectivity index (χ1) is 27.9. The SMILES string of the molecule is CCCCCCCCCCCCCC(=O)N[C@@H](CCO[C@@H]1O[C@H](COC(C)=O)[C@@H](OC(C)=O)[C@H](OC(C)=O)[C@H]1NC(=O)CCCCCCCc1ccccc1)C(=O)O. The van der Waals surface area contributed by atoms with Gasteiger partial charge in [0, 0.05) is 40.0 Å². The van der Waals surface area contributed by atoms with Crippen molar-refractivity contribution >= 4 is 35.7 Å². The first-order valence-corrected chi connectivity index (χ1v) is 21.5. The Labute approximate surface area is 345 Å². The molecule has 2 amide bonds. The molecule has 3 N–H and O–H groups in total. The highest BCUT2D eigenvalue weighted by atomic mass is 16.7. The quantitative estimate of drug-likeness (QED) is 0.0400. The van der Waals surface area contributed by atoms with Crippen LogP contribution in [0.15, 0.2) is 30.3 Å². The first kappa shape index (κ1) is 50.1. The van der Waals surface area contributed by atoms with E-state index >= 15 is 0 Å². The van der Waals surface area contributed by atoms with Crippen LogP contribution in [0.1, 0.15) is 155 Å². The summed E-state index contributed by atoms with van der Waals surface area (Å²) in [6, 6.07) is 7.79. The number of nitrogens with one attached hydrogen (secondary N) is 2. The van der Waals surface area contributed by atoms with E-state index in [0.29, 0.717) is 12.8 Å². The molecule has 1 aromatic carbocycles. The second-order valence-corrected chi connectivity index (χ2v) is 15.2. The molecular formula is C44H70N2O12. The van der Waals surface area contributed by atoms with Crippen LogP contribution in [0.5, 0.6) is 0 Å². The molecule has 6 atom stereocenters. The first-order valence-electron chi connectivity index (χ1n) is 21.5. The van der Waals surface area contributed by atoms with Gasteiger partial charge in [-0.1, -0.05) is 121 Å². The van der Waals surface area contributed by atoms with Gasteiger partial charge < -0.3 is 39.4 Å². The van der Waals surface area contributed by atoms with Crippen molar-refractivity contribution in [3.8, 4) is 0 Å². The van der Waals surface area contributed by atoms with Crippen LogP contribution in [-0.4, -0.2) is 90.7 Å². The van der Waals surface area contributed by atoms with E-state index in [0.717, 1.165) is 65.2 Å². The molecule has 1 aliphatic rings. The van der Waals surface area contributed by atoms with Crippen LogP contribution >= 0.6 is 0 Å². The number of carbonyl (C=O) groups excluding carboxylic acids is 5. The third kappa shape index (κ3) is 22.2. The van der Waals surface area contributed by atoms with Crippen LogP contribution in [0.3, 0.4) is 0 Å². The zero-order valence-corrected chi connectivity index (χ0v) is 35.3. The van der Waals surface area contributed by atoms with E-state index < -0.39 is 67.2 Å². The molecule has 1 aliphatic heterocycles. The molecular weight excluding hydrogens is 748 g/mol. The molecule has 0 bridgehead atoms. The topological polar surface area (TPSA) is 193 Å². The second kappa shape index (κ2) is 30.1. The fourth-order valence-electron chi connectivity index (χ4n) is 7.02. The number of carboxylic acids is 1. The fraction of sp³-hybridized carbons (Fsp3) is 0.727. The van der Waals surface area contributed by atoms with Gasteiger partial charge in [0.05, 0.1) is 6.61 Å². The van der Waals surface area contributed by atoms with E-state index in [1.54, 1.807) is 0 Å². The third-order valence-electron chi connectivity index (χ3n) is 10.1. The Morgan fingerprint density at radius 1 is 0.690 bits per heavy atom. The Bertz CT molecular complexity index is 1360. The Balaban J connectivity index is 2.01. The average molecular weight is 819 g/mol. The van der Waals surface area contributed by atoms with Crippen LogP contribution in [0.4, 0.5) is 0 Å². The Hall–Kier alpha value is -4.04. The summed E-state index contributed by atoms with van der Waals surface area (Å²) in [5, 5.41) is 15.3. The summed E-state index contributed by atoms with van der Waals surface area (Å²) < 4.78 is 28.4. The number of hydrogen-bond acceptors (Lipinski definition) is 11. The molecule has 0 aromatic heterocycles. The fourth-order valence-corrected chi connectivity index (χ4v) is 7.02. The van der Waals surface area contributed by atoms with Crippen LogP contribution in [-0.2, 0) is 58.9 Å². The number of carboxylic acid groups (broad SMARTS) is 1. The minimum absolute atomic E-state index is 0.148. The van der Waals surface area contributed by atoms with Gasteiger partial charge in [0.1, 0.15) is 24.8 Å². The molecule has 328 valence electrons. The summed E-state index contributed by atoms with van der Waals surface area (Å²) in [7, 11) is 0. The van der Waals surface area contributed by atoms with Crippen molar-refractivity contribution in [2.75, 3.05) is 13.2 Å². The molecule has 58 heavy (non-hydrogen) atoms. The van der Waals surface area contributed by atoms with Gasteiger partial charge in [-0.15, -0.1) is 0 Å². The van der Waals surface area contributed by atoms with Crippen molar-refractivity contribution in [1.29, 1.82) is 0 Å². The largest absolute Gasteiger partial charge is 0.480 e. The number of rotatable bonds is 31. The van der Waals surface area contributed by atoms with Gasteiger partial charge in [-0.3, -0.25) is 24.0 Å². The van der Waals surface area contributed by atoms with Crippen LogP contribution in [0.25, 0.3) is 0 Å². The van der Waals surface area contributed by atoms with Gasteiger partial charge >= 0.3 is 23.9 Å². The predicted molar refractivity (Wildman–Crippen MR) is 217 cm³/mol. The van der Waals surface area contributed by atoms with Crippen molar-refractivity contribution in [2.45, 2.75) is 193 Å².